The summed E-state index contributed by atoms with van der Waals surface area (Å²) in [5, 5.41) is 9.82. The van der Waals surface area contributed by atoms with Crippen molar-refractivity contribution in [1.82, 2.24) is 15.2 Å². The van der Waals surface area contributed by atoms with Crippen molar-refractivity contribution in [2.45, 2.75) is 33.1 Å². The fourth-order valence-electron chi connectivity index (χ4n) is 2.59. The molecule has 3 aromatic rings. The highest BCUT2D eigenvalue weighted by Crippen LogP contribution is 2.15. The van der Waals surface area contributed by atoms with Gasteiger partial charge in [0.2, 0.25) is 0 Å². The highest BCUT2D eigenvalue weighted by atomic mass is 15.1. The molecule has 3 rings (SSSR count). The average Bonchev–Trinajstić information content (AvgIpc) is 2.53. The molecule has 0 aliphatic heterocycles. The minimum atomic E-state index is 0.920. The number of aryl methyl sites for hydroxylation is 4. The summed E-state index contributed by atoms with van der Waals surface area (Å²) in [6.07, 6.45) is 4.67. The predicted octanol–water partition coefficient (Wildman–Crippen LogP) is 3.68. The van der Waals surface area contributed by atoms with E-state index in [1.54, 1.807) is 0 Å². The number of hydrogen-bond donors (Lipinski definition) is 0. The number of rotatable bonds is 4. The highest BCUT2D eigenvalue weighted by molar-refractivity contribution is 5.78. The molecule has 0 bridgehead atoms. The molecule has 0 aliphatic carbocycles. The standard InChI is InChI=1S/C18H19N3/c1-3-17-13(2)11-16(20-21-17)8-6-14-7-9-18-15(12-14)5-4-10-19-18/h4-5,7,9-12H,3,6,8H2,1-2H3. The summed E-state index contributed by atoms with van der Waals surface area (Å²) in [6.45, 7) is 4.22. The smallest absolute Gasteiger partial charge is 0.0702 e. The first-order valence-electron chi connectivity index (χ1n) is 7.42. The molecule has 3 nitrogen and oxygen atoms in total. The molecule has 0 unspecified atom stereocenters. The Morgan fingerprint density at radius 2 is 1.90 bits per heavy atom. The molecule has 2 aromatic heterocycles. The SMILES string of the molecule is CCc1nnc(CCc2ccc3ncccc3c2)cc1C. The average molecular weight is 277 g/mol. The molecule has 0 saturated carbocycles. The summed E-state index contributed by atoms with van der Waals surface area (Å²) in [6, 6.07) is 12.7. The van der Waals surface area contributed by atoms with E-state index in [2.05, 4.69) is 59.4 Å². The summed E-state index contributed by atoms with van der Waals surface area (Å²) >= 11 is 0. The van der Waals surface area contributed by atoms with E-state index in [1.807, 2.05) is 12.3 Å². The van der Waals surface area contributed by atoms with Gasteiger partial charge in [0.15, 0.2) is 0 Å². The molecule has 0 aliphatic rings. The van der Waals surface area contributed by atoms with Crippen LogP contribution in [-0.4, -0.2) is 15.2 Å². The molecule has 0 N–H and O–H groups in total. The first-order valence-corrected chi connectivity index (χ1v) is 7.42. The van der Waals surface area contributed by atoms with E-state index in [0.29, 0.717) is 0 Å². The fourth-order valence-corrected chi connectivity index (χ4v) is 2.59. The van der Waals surface area contributed by atoms with Gasteiger partial charge in [-0.3, -0.25) is 4.98 Å². The Labute approximate surface area is 125 Å². The summed E-state index contributed by atoms with van der Waals surface area (Å²) in [5.41, 5.74) is 5.76. The predicted molar refractivity (Wildman–Crippen MR) is 85.3 cm³/mol. The van der Waals surface area contributed by atoms with E-state index in [9.17, 15) is 0 Å². The molecule has 3 heteroatoms. The van der Waals surface area contributed by atoms with Gasteiger partial charge in [0.05, 0.1) is 16.9 Å². The maximum atomic E-state index is 4.35. The topological polar surface area (TPSA) is 38.7 Å². The lowest BCUT2D eigenvalue weighted by Gasteiger charge is -2.06. The van der Waals surface area contributed by atoms with Crippen molar-refractivity contribution in [1.29, 1.82) is 0 Å². The largest absolute Gasteiger partial charge is 0.256 e. The van der Waals surface area contributed by atoms with Gasteiger partial charge in [0.25, 0.3) is 0 Å². The van der Waals surface area contributed by atoms with Gasteiger partial charge in [-0.25, -0.2) is 0 Å². The third-order valence-corrected chi connectivity index (χ3v) is 3.81. The number of hydrogen-bond acceptors (Lipinski definition) is 3. The van der Waals surface area contributed by atoms with Crippen LogP contribution < -0.4 is 0 Å². The molecule has 106 valence electrons. The van der Waals surface area contributed by atoms with Gasteiger partial charge >= 0.3 is 0 Å². The van der Waals surface area contributed by atoms with E-state index < -0.39 is 0 Å². The van der Waals surface area contributed by atoms with Crippen molar-refractivity contribution in [3.8, 4) is 0 Å². The highest BCUT2D eigenvalue weighted by Gasteiger charge is 2.03. The Balaban J connectivity index is 1.75. The van der Waals surface area contributed by atoms with E-state index >= 15 is 0 Å². The van der Waals surface area contributed by atoms with Gasteiger partial charge in [0, 0.05) is 11.6 Å². The Morgan fingerprint density at radius 1 is 1.00 bits per heavy atom. The zero-order valence-corrected chi connectivity index (χ0v) is 12.5. The summed E-state index contributed by atoms with van der Waals surface area (Å²) in [4.78, 5) is 4.35. The third kappa shape index (κ3) is 3.07. The second-order valence-electron chi connectivity index (χ2n) is 5.35. The second kappa shape index (κ2) is 6.00. The Kier molecular flexibility index (Phi) is 3.91. The fraction of sp³-hybridized carbons (Fsp3) is 0.278. The lowest BCUT2D eigenvalue weighted by molar-refractivity contribution is 0.817. The maximum absolute atomic E-state index is 4.35. The maximum Gasteiger partial charge on any atom is 0.0702 e. The van der Waals surface area contributed by atoms with E-state index in [4.69, 9.17) is 0 Å². The third-order valence-electron chi connectivity index (χ3n) is 3.81. The van der Waals surface area contributed by atoms with Crippen LogP contribution in [0.5, 0.6) is 0 Å². The number of benzene rings is 1. The van der Waals surface area contributed by atoms with Crippen LogP contribution >= 0.6 is 0 Å². The molecule has 0 radical (unpaired) electrons. The van der Waals surface area contributed by atoms with Crippen molar-refractivity contribution >= 4 is 10.9 Å². The zero-order valence-electron chi connectivity index (χ0n) is 12.5. The molecule has 21 heavy (non-hydrogen) atoms. The van der Waals surface area contributed by atoms with Crippen molar-refractivity contribution in [3.05, 3.63) is 65.1 Å². The Hall–Kier alpha value is -2.29. The quantitative estimate of drug-likeness (QED) is 0.730. The van der Waals surface area contributed by atoms with Gasteiger partial charge in [-0.1, -0.05) is 19.1 Å². The van der Waals surface area contributed by atoms with E-state index in [0.717, 1.165) is 36.2 Å². The van der Waals surface area contributed by atoms with Crippen LogP contribution in [-0.2, 0) is 19.3 Å². The number of pyridine rings is 1. The van der Waals surface area contributed by atoms with Gasteiger partial charge in [-0.05, 0) is 61.6 Å². The molecule has 0 atom stereocenters. The molecule has 0 saturated heterocycles. The lowest BCUT2D eigenvalue weighted by atomic mass is 10.0. The number of nitrogens with zero attached hydrogens (tertiary/aromatic N) is 3. The van der Waals surface area contributed by atoms with Crippen LogP contribution in [0, 0.1) is 6.92 Å². The van der Waals surface area contributed by atoms with Crippen molar-refractivity contribution < 1.29 is 0 Å². The van der Waals surface area contributed by atoms with Crippen molar-refractivity contribution in [2.75, 3.05) is 0 Å². The van der Waals surface area contributed by atoms with Crippen molar-refractivity contribution in [2.24, 2.45) is 0 Å². The molecule has 0 amide bonds. The summed E-state index contributed by atoms with van der Waals surface area (Å²) in [5.74, 6) is 0. The lowest BCUT2D eigenvalue weighted by Crippen LogP contribution is -2.01. The molecule has 2 heterocycles. The molecular formula is C18H19N3. The Bertz CT molecular complexity index is 765. The second-order valence-corrected chi connectivity index (χ2v) is 5.35. The Morgan fingerprint density at radius 3 is 2.71 bits per heavy atom. The molecule has 1 aromatic carbocycles. The van der Waals surface area contributed by atoms with Crippen LogP contribution in [0.25, 0.3) is 10.9 Å². The molecular weight excluding hydrogens is 258 g/mol. The zero-order chi connectivity index (χ0) is 14.7. The first-order chi connectivity index (χ1) is 10.3. The minimum absolute atomic E-state index is 0.920. The van der Waals surface area contributed by atoms with Crippen LogP contribution in [0.2, 0.25) is 0 Å². The van der Waals surface area contributed by atoms with Gasteiger partial charge in [-0.15, -0.1) is 0 Å². The monoisotopic (exact) mass is 277 g/mol. The summed E-state index contributed by atoms with van der Waals surface area (Å²) in [7, 11) is 0. The van der Waals surface area contributed by atoms with Crippen LogP contribution in [0.3, 0.4) is 0 Å². The minimum Gasteiger partial charge on any atom is -0.256 e. The molecule has 0 fully saturated rings. The van der Waals surface area contributed by atoms with E-state index in [-0.39, 0.29) is 0 Å². The normalized spacial score (nSPS) is 11.0. The van der Waals surface area contributed by atoms with Crippen LogP contribution in [0.4, 0.5) is 0 Å². The first kappa shape index (κ1) is 13.7. The van der Waals surface area contributed by atoms with Crippen LogP contribution in [0.15, 0.2) is 42.6 Å². The van der Waals surface area contributed by atoms with Gasteiger partial charge in [0.1, 0.15) is 0 Å². The van der Waals surface area contributed by atoms with E-state index in [1.165, 1.54) is 16.5 Å². The molecule has 0 spiro atoms. The van der Waals surface area contributed by atoms with Gasteiger partial charge < -0.3 is 0 Å². The van der Waals surface area contributed by atoms with Crippen LogP contribution in [0.1, 0.15) is 29.4 Å². The van der Waals surface area contributed by atoms with Gasteiger partial charge in [-0.2, -0.15) is 10.2 Å². The van der Waals surface area contributed by atoms with Crippen molar-refractivity contribution in [3.63, 3.8) is 0 Å². The number of aromatic nitrogens is 3. The summed E-state index contributed by atoms with van der Waals surface area (Å²) < 4.78 is 0. The number of fused-ring (bicyclic) bond motifs is 1.